The third kappa shape index (κ3) is 9.34. The van der Waals surface area contributed by atoms with Crippen LogP contribution in [0, 0.1) is 0 Å². The number of nitrogens with one attached hydrogen (secondary N) is 2. The fraction of sp³-hybridized carbons (Fsp3) is 0.256. The van der Waals surface area contributed by atoms with E-state index >= 15 is 0 Å². The van der Waals surface area contributed by atoms with Crippen LogP contribution in [0.4, 0.5) is 11.4 Å². The van der Waals surface area contributed by atoms with E-state index in [9.17, 15) is 10.2 Å². The Morgan fingerprint density at radius 2 is 1.24 bits per heavy atom. The molecular formula is C39H45N8O2+3. The largest absolute Gasteiger partial charge is 0.872 e. The molecule has 2 aliphatic heterocycles. The zero-order valence-electron chi connectivity index (χ0n) is 28.5. The first-order valence-electron chi connectivity index (χ1n) is 16.8. The molecule has 0 saturated carbocycles. The fourth-order valence-corrected chi connectivity index (χ4v) is 6.08. The first-order valence-corrected chi connectivity index (χ1v) is 16.8. The van der Waals surface area contributed by atoms with Gasteiger partial charge in [0.2, 0.25) is 18.7 Å². The second kappa shape index (κ2) is 15.6. The smallest absolute Gasteiger partial charge is 0.335 e. The summed E-state index contributed by atoms with van der Waals surface area (Å²) in [5.74, 6) is -0.144. The molecule has 10 nitrogen and oxygen atoms in total. The summed E-state index contributed by atoms with van der Waals surface area (Å²) < 4.78 is 8.21. The molecule has 0 spiro atoms. The summed E-state index contributed by atoms with van der Waals surface area (Å²) in [7, 11) is 6.05. The highest BCUT2D eigenvalue weighted by molar-refractivity contribution is 5.89. The second-order valence-corrected chi connectivity index (χ2v) is 12.9. The summed E-state index contributed by atoms with van der Waals surface area (Å²) in [5.41, 5.74) is 5.60. The number of rotatable bonds is 14. The predicted octanol–water partition coefficient (Wildman–Crippen LogP) is 0.955. The standard InChI is InChI=1S/C39H43N8O2/c1-42-16-19-45(28-42)14-4-6-31-9-12-38(48)34(22-31)25-40-36-11-8-33(27-47-21-18-44(3)30-47)24-37(36)41-26-35-23-32(10-13-39(35)49)7-5-15-46-20-17-43(2)29-46/h8-13,16-26,28-30H,4-7,14-15,27H2,1-3H3/q+1/p+2. The molecule has 0 radical (unpaired) electrons. The van der Waals surface area contributed by atoms with Gasteiger partial charge in [-0.2, -0.15) is 9.15 Å². The molecule has 3 heterocycles. The number of hydrogen-bond acceptors (Lipinski definition) is 4. The van der Waals surface area contributed by atoms with Crippen LogP contribution in [0.5, 0.6) is 11.5 Å². The molecule has 2 aliphatic rings. The maximum atomic E-state index is 12.9. The normalized spacial score (nSPS) is 17.1. The Morgan fingerprint density at radius 3 is 1.76 bits per heavy atom. The molecule has 0 saturated heterocycles. The molecule has 6 rings (SSSR count). The van der Waals surface area contributed by atoms with Gasteiger partial charge in [0.25, 0.3) is 0 Å². The van der Waals surface area contributed by atoms with Crippen LogP contribution in [0.3, 0.4) is 0 Å². The number of quaternary nitrogens is 2. The molecule has 49 heavy (non-hydrogen) atoms. The van der Waals surface area contributed by atoms with Crippen molar-refractivity contribution in [1.29, 1.82) is 0 Å². The van der Waals surface area contributed by atoms with Crippen LogP contribution in [0.25, 0.3) is 0 Å². The van der Waals surface area contributed by atoms with Gasteiger partial charge in [-0.3, -0.25) is 9.98 Å². The van der Waals surface area contributed by atoms with Crippen LogP contribution < -0.4 is 24.6 Å². The van der Waals surface area contributed by atoms with Crippen LogP contribution >= 0.6 is 0 Å². The first kappa shape index (κ1) is 33.5. The van der Waals surface area contributed by atoms with Gasteiger partial charge in [-0.15, -0.1) is 11.5 Å². The van der Waals surface area contributed by atoms with Gasteiger partial charge in [-0.25, -0.2) is 18.9 Å². The Balaban J connectivity index is 1.20. The molecule has 10 heteroatoms. The number of aliphatic imine (C=N–C) groups is 2. The van der Waals surface area contributed by atoms with E-state index in [4.69, 9.17) is 9.98 Å². The molecule has 250 valence electrons. The lowest BCUT2D eigenvalue weighted by molar-refractivity contribution is -0.749. The quantitative estimate of drug-likeness (QED) is 0.156. The number of benzene rings is 3. The Labute approximate surface area is 288 Å². The van der Waals surface area contributed by atoms with E-state index in [1.807, 2.05) is 86.9 Å². The molecule has 0 fully saturated rings. The number of nitrogens with zero attached hydrogens (tertiary/aromatic N) is 6. The highest BCUT2D eigenvalue weighted by Gasteiger charge is 2.15. The van der Waals surface area contributed by atoms with Crippen molar-refractivity contribution in [2.75, 3.05) is 27.2 Å². The van der Waals surface area contributed by atoms with Crippen molar-refractivity contribution in [3.05, 3.63) is 126 Å². The molecule has 4 aromatic rings. The average Bonchev–Trinajstić information content (AvgIpc) is 3.82. The van der Waals surface area contributed by atoms with Gasteiger partial charge in [0, 0.05) is 25.3 Å². The van der Waals surface area contributed by atoms with Crippen molar-refractivity contribution in [2.45, 2.75) is 32.2 Å². The SMILES string of the molecule is C[N+]1=C[NH+](CCCc2ccc([O-])c(C=Nc3ccc(Cn4cc[n+](C)c4)cc3N=Cc3cc(CCC[NH+]4C=C[N+](C)=C4)ccc3[O-])c2)C=C1. The molecule has 0 amide bonds. The average molecular weight is 658 g/mol. The van der Waals surface area contributed by atoms with E-state index in [0.717, 1.165) is 55.5 Å². The number of aryl methyl sites for hydroxylation is 3. The molecular weight excluding hydrogens is 612 g/mol. The van der Waals surface area contributed by atoms with E-state index < -0.39 is 0 Å². The van der Waals surface area contributed by atoms with Gasteiger partial charge in [0.15, 0.2) is 12.4 Å². The summed E-state index contributed by atoms with van der Waals surface area (Å²) in [6.45, 7) is 2.63. The molecule has 1 aromatic heterocycles. The molecule has 0 aliphatic carbocycles. The van der Waals surface area contributed by atoms with Crippen molar-refractivity contribution in [2.24, 2.45) is 17.0 Å². The zero-order chi connectivity index (χ0) is 34.2. The zero-order valence-corrected chi connectivity index (χ0v) is 28.5. The predicted molar refractivity (Wildman–Crippen MR) is 189 cm³/mol. The lowest BCUT2D eigenvalue weighted by atomic mass is 10.1. The summed E-state index contributed by atoms with van der Waals surface area (Å²) >= 11 is 0. The van der Waals surface area contributed by atoms with E-state index in [-0.39, 0.29) is 11.5 Å². The van der Waals surface area contributed by atoms with Crippen LogP contribution in [0.1, 0.15) is 40.7 Å². The van der Waals surface area contributed by atoms with Crippen LogP contribution in [-0.2, 0) is 26.4 Å². The molecule has 0 bridgehead atoms. The van der Waals surface area contributed by atoms with E-state index in [1.54, 1.807) is 24.6 Å². The van der Waals surface area contributed by atoms with Gasteiger partial charge in [-0.1, -0.05) is 42.5 Å². The van der Waals surface area contributed by atoms with Crippen LogP contribution in [0.15, 0.2) is 108 Å². The summed E-state index contributed by atoms with van der Waals surface area (Å²) in [6.07, 6.45) is 25.7. The Bertz CT molecular complexity index is 1980. The Hall–Kier alpha value is -5.45. The second-order valence-electron chi connectivity index (χ2n) is 12.9. The first-order chi connectivity index (χ1) is 23.8. The fourth-order valence-electron chi connectivity index (χ4n) is 6.08. The highest BCUT2D eigenvalue weighted by atomic mass is 16.3. The van der Waals surface area contributed by atoms with Gasteiger partial charge < -0.3 is 10.2 Å². The van der Waals surface area contributed by atoms with Gasteiger partial charge in [0.1, 0.15) is 33.0 Å². The number of imidazole rings is 1. The Kier molecular flexibility index (Phi) is 10.7. The minimum atomic E-state index is -0.0725. The third-order valence-electron chi connectivity index (χ3n) is 8.71. The molecule has 2 atom stereocenters. The van der Waals surface area contributed by atoms with Crippen molar-refractivity contribution in [3.63, 3.8) is 0 Å². The number of hydrogen-bond donors (Lipinski definition) is 2. The van der Waals surface area contributed by atoms with Crippen molar-refractivity contribution in [3.8, 4) is 11.5 Å². The molecule has 2 N–H and O–H groups in total. The third-order valence-corrected chi connectivity index (χ3v) is 8.71. The summed E-state index contributed by atoms with van der Waals surface area (Å²) in [5, 5.41) is 25.7. The van der Waals surface area contributed by atoms with Gasteiger partial charge >= 0.3 is 12.7 Å². The van der Waals surface area contributed by atoms with Crippen molar-refractivity contribution < 1.29 is 33.7 Å². The van der Waals surface area contributed by atoms with Gasteiger partial charge in [0.05, 0.1) is 31.5 Å². The molecule has 2 unspecified atom stereocenters. The van der Waals surface area contributed by atoms with E-state index in [0.29, 0.717) is 29.0 Å². The van der Waals surface area contributed by atoms with Crippen LogP contribution in [0.2, 0.25) is 0 Å². The molecule has 3 aromatic carbocycles. The summed E-state index contributed by atoms with van der Waals surface area (Å²) in [6, 6.07) is 16.9. The van der Waals surface area contributed by atoms with Gasteiger partial charge in [-0.05, 0) is 52.8 Å². The Morgan fingerprint density at radius 1 is 0.694 bits per heavy atom. The van der Waals surface area contributed by atoms with E-state index in [2.05, 4.69) is 51.2 Å². The topological polar surface area (TPSA) is 94.5 Å². The van der Waals surface area contributed by atoms with Crippen LogP contribution in [-0.4, -0.2) is 66.0 Å². The lowest BCUT2D eigenvalue weighted by Crippen LogP contribution is -3.05. The maximum absolute atomic E-state index is 12.9. The minimum Gasteiger partial charge on any atom is -0.872 e. The maximum Gasteiger partial charge on any atom is 0.335 e. The van der Waals surface area contributed by atoms with E-state index in [1.165, 1.54) is 9.80 Å². The van der Waals surface area contributed by atoms with Crippen molar-refractivity contribution >= 4 is 36.5 Å². The van der Waals surface area contributed by atoms with Crippen molar-refractivity contribution in [1.82, 2.24) is 4.57 Å². The summed E-state index contributed by atoms with van der Waals surface area (Å²) in [4.78, 5) is 12.2. The highest BCUT2D eigenvalue weighted by Crippen LogP contribution is 2.30. The number of aromatic nitrogens is 2. The lowest BCUT2D eigenvalue weighted by Gasteiger charge is -2.13. The minimum absolute atomic E-state index is 0.0715. The monoisotopic (exact) mass is 657 g/mol.